The molecule has 6 nitrogen and oxygen atoms in total. The Bertz CT molecular complexity index is 738. The lowest BCUT2D eigenvalue weighted by Gasteiger charge is -2.22. The molecule has 1 unspecified atom stereocenters. The average molecular weight is 355 g/mol. The largest absolute Gasteiger partial charge is 0.468 e. The van der Waals surface area contributed by atoms with Gasteiger partial charge in [0.25, 0.3) is 5.91 Å². The molecule has 0 saturated carbocycles. The summed E-state index contributed by atoms with van der Waals surface area (Å²) in [7, 11) is 3.90. The van der Waals surface area contributed by atoms with Gasteiger partial charge in [-0.05, 0) is 50.3 Å². The molecule has 3 rings (SSSR count). The van der Waals surface area contributed by atoms with Crippen molar-refractivity contribution >= 4 is 11.8 Å². The van der Waals surface area contributed by atoms with Crippen LogP contribution in [-0.2, 0) is 11.3 Å². The number of likely N-dealkylation sites (N-methyl/N-ethyl adjacent to an activating group) is 1. The number of benzene rings is 1. The van der Waals surface area contributed by atoms with Crippen molar-refractivity contribution in [3.05, 3.63) is 59.5 Å². The molecule has 1 fully saturated rings. The highest BCUT2D eigenvalue weighted by atomic mass is 16.3. The van der Waals surface area contributed by atoms with Crippen molar-refractivity contribution in [1.29, 1.82) is 0 Å². The molecule has 1 saturated heterocycles. The topological polar surface area (TPSA) is 65.8 Å². The summed E-state index contributed by atoms with van der Waals surface area (Å²) >= 11 is 0. The van der Waals surface area contributed by atoms with Crippen LogP contribution >= 0.6 is 0 Å². The monoisotopic (exact) mass is 355 g/mol. The number of furan rings is 1. The van der Waals surface area contributed by atoms with Crippen LogP contribution in [0.1, 0.15) is 40.6 Å². The van der Waals surface area contributed by atoms with Gasteiger partial charge in [0.05, 0.1) is 12.3 Å². The molecule has 138 valence electrons. The molecule has 26 heavy (non-hydrogen) atoms. The predicted molar refractivity (Wildman–Crippen MR) is 98.6 cm³/mol. The number of nitrogens with one attached hydrogen (secondary N) is 1. The fourth-order valence-corrected chi connectivity index (χ4v) is 3.16. The highest BCUT2D eigenvalue weighted by molar-refractivity contribution is 5.94. The lowest BCUT2D eigenvalue weighted by Crippen LogP contribution is -2.34. The van der Waals surface area contributed by atoms with Gasteiger partial charge in [0, 0.05) is 31.6 Å². The van der Waals surface area contributed by atoms with Gasteiger partial charge in [-0.15, -0.1) is 0 Å². The Morgan fingerprint density at radius 3 is 2.62 bits per heavy atom. The lowest BCUT2D eigenvalue weighted by atomic mass is 10.1. The minimum absolute atomic E-state index is 0.0191. The van der Waals surface area contributed by atoms with Gasteiger partial charge < -0.3 is 14.6 Å². The fourth-order valence-electron chi connectivity index (χ4n) is 3.16. The van der Waals surface area contributed by atoms with Crippen LogP contribution in [0.25, 0.3) is 0 Å². The Morgan fingerprint density at radius 2 is 2.04 bits per heavy atom. The molecule has 0 radical (unpaired) electrons. The van der Waals surface area contributed by atoms with E-state index in [-0.39, 0.29) is 17.9 Å². The number of likely N-dealkylation sites (tertiary alicyclic amines) is 1. The Labute approximate surface area is 153 Å². The molecular formula is C20H25N3O3. The average Bonchev–Trinajstić information content (AvgIpc) is 3.28. The van der Waals surface area contributed by atoms with Crippen LogP contribution in [0.15, 0.2) is 47.1 Å². The van der Waals surface area contributed by atoms with Crippen molar-refractivity contribution in [2.45, 2.75) is 25.4 Å². The van der Waals surface area contributed by atoms with Gasteiger partial charge in [0.15, 0.2) is 0 Å². The van der Waals surface area contributed by atoms with Crippen molar-refractivity contribution in [2.24, 2.45) is 0 Å². The maximum atomic E-state index is 12.4. The van der Waals surface area contributed by atoms with Gasteiger partial charge in [0.1, 0.15) is 5.76 Å². The molecule has 6 heteroatoms. The van der Waals surface area contributed by atoms with Crippen molar-refractivity contribution in [2.75, 3.05) is 27.2 Å². The van der Waals surface area contributed by atoms with E-state index in [1.54, 1.807) is 6.26 Å². The zero-order valence-corrected chi connectivity index (χ0v) is 15.3. The molecule has 1 aliphatic rings. The SMILES string of the molecule is CN(C)C(CNC(=O)c1ccc(CN2CCCC2=O)cc1)c1ccco1. The fraction of sp³-hybridized carbons (Fsp3) is 0.400. The molecular weight excluding hydrogens is 330 g/mol. The summed E-state index contributed by atoms with van der Waals surface area (Å²) in [5.41, 5.74) is 1.65. The first kappa shape index (κ1) is 18.2. The molecule has 1 aromatic carbocycles. The first-order valence-electron chi connectivity index (χ1n) is 8.89. The van der Waals surface area contributed by atoms with E-state index in [4.69, 9.17) is 4.42 Å². The maximum Gasteiger partial charge on any atom is 0.251 e. The molecule has 1 aliphatic heterocycles. The molecule has 0 aliphatic carbocycles. The normalized spacial score (nSPS) is 15.5. The molecule has 1 atom stereocenters. The molecule has 1 aromatic heterocycles. The van der Waals surface area contributed by atoms with Crippen LogP contribution in [0.5, 0.6) is 0 Å². The number of nitrogens with zero attached hydrogens (tertiary/aromatic N) is 2. The van der Waals surface area contributed by atoms with Crippen LogP contribution in [0.4, 0.5) is 0 Å². The second-order valence-electron chi connectivity index (χ2n) is 6.82. The molecule has 0 bridgehead atoms. The predicted octanol–water partition coefficient (Wildman–Crippen LogP) is 2.43. The van der Waals surface area contributed by atoms with Crippen molar-refractivity contribution in [1.82, 2.24) is 15.1 Å². The van der Waals surface area contributed by atoms with Crippen LogP contribution in [0, 0.1) is 0 Å². The van der Waals surface area contributed by atoms with Gasteiger partial charge in [-0.25, -0.2) is 0 Å². The van der Waals surface area contributed by atoms with Gasteiger partial charge in [-0.2, -0.15) is 0 Å². The van der Waals surface area contributed by atoms with Gasteiger partial charge in [0.2, 0.25) is 5.91 Å². The highest BCUT2D eigenvalue weighted by Gasteiger charge is 2.20. The van der Waals surface area contributed by atoms with E-state index in [0.717, 1.165) is 24.3 Å². The summed E-state index contributed by atoms with van der Waals surface area (Å²) in [5, 5.41) is 2.96. The van der Waals surface area contributed by atoms with E-state index < -0.39 is 0 Å². The third-order valence-corrected chi connectivity index (χ3v) is 4.71. The molecule has 2 aromatic rings. The van der Waals surface area contributed by atoms with E-state index in [1.807, 2.05) is 60.3 Å². The Kier molecular flexibility index (Phi) is 5.73. The Balaban J connectivity index is 1.56. The van der Waals surface area contributed by atoms with E-state index in [1.165, 1.54) is 0 Å². The minimum Gasteiger partial charge on any atom is -0.468 e. The van der Waals surface area contributed by atoms with Crippen LogP contribution in [0.2, 0.25) is 0 Å². The Hall–Kier alpha value is -2.60. The van der Waals surface area contributed by atoms with E-state index in [9.17, 15) is 9.59 Å². The zero-order valence-electron chi connectivity index (χ0n) is 15.3. The number of amides is 2. The summed E-state index contributed by atoms with van der Waals surface area (Å²) in [5.74, 6) is 0.910. The van der Waals surface area contributed by atoms with E-state index in [0.29, 0.717) is 25.1 Å². The van der Waals surface area contributed by atoms with Crippen LogP contribution in [-0.4, -0.2) is 48.8 Å². The number of hydrogen-bond donors (Lipinski definition) is 1. The molecule has 2 amide bonds. The lowest BCUT2D eigenvalue weighted by molar-refractivity contribution is -0.128. The minimum atomic E-state index is -0.118. The summed E-state index contributed by atoms with van der Waals surface area (Å²) in [6.07, 6.45) is 3.21. The summed E-state index contributed by atoms with van der Waals surface area (Å²) in [6, 6.07) is 11.2. The van der Waals surface area contributed by atoms with Crippen molar-refractivity contribution < 1.29 is 14.0 Å². The summed E-state index contributed by atoms with van der Waals surface area (Å²) in [6.45, 7) is 1.89. The number of rotatable bonds is 7. The molecule has 0 spiro atoms. The second-order valence-corrected chi connectivity index (χ2v) is 6.82. The number of carbonyl (C=O) groups is 2. The third-order valence-electron chi connectivity index (χ3n) is 4.71. The molecule has 2 heterocycles. The van der Waals surface area contributed by atoms with Crippen LogP contribution < -0.4 is 5.32 Å². The van der Waals surface area contributed by atoms with Gasteiger partial charge >= 0.3 is 0 Å². The van der Waals surface area contributed by atoms with E-state index >= 15 is 0 Å². The zero-order chi connectivity index (χ0) is 18.5. The second kappa shape index (κ2) is 8.19. The van der Waals surface area contributed by atoms with Gasteiger partial charge in [-0.1, -0.05) is 12.1 Å². The highest BCUT2D eigenvalue weighted by Crippen LogP contribution is 2.18. The van der Waals surface area contributed by atoms with E-state index in [2.05, 4.69) is 5.32 Å². The number of carbonyl (C=O) groups excluding carboxylic acids is 2. The first-order chi connectivity index (χ1) is 12.5. The number of hydrogen-bond acceptors (Lipinski definition) is 4. The standard InChI is InChI=1S/C20H25N3O3/c1-22(2)17(18-5-4-12-26-18)13-21-20(25)16-9-7-15(8-10-16)14-23-11-3-6-19(23)24/h4-5,7-10,12,17H,3,6,11,13-14H2,1-2H3,(H,21,25). The van der Waals surface area contributed by atoms with Crippen molar-refractivity contribution in [3.8, 4) is 0 Å². The Morgan fingerprint density at radius 1 is 1.27 bits per heavy atom. The quantitative estimate of drug-likeness (QED) is 0.828. The molecule has 1 N–H and O–H groups in total. The smallest absolute Gasteiger partial charge is 0.251 e. The first-order valence-corrected chi connectivity index (χ1v) is 8.89. The van der Waals surface area contributed by atoms with Crippen molar-refractivity contribution in [3.63, 3.8) is 0 Å². The maximum absolute atomic E-state index is 12.4. The summed E-state index contributed by atoms with van der Waals surface area (Å²) in [4.78, 5) is 28.0. The summed E-state index contributed by atoms with van der Waals surface area (Å²) < 4.78 is 5.46. The van der Waals surface area contributed by atoms with Crippen LogP contribution in [0.3, 0.4) is 0 Å². The third kappa shape index (κ3) is 4.32. The van der Waals surface area contributed by atoms with Gasteiger partial charge in [-0.3, -0.25) is 14.5 Å².